The van der Waals surface area contributed by atoms with Crippen LogP contribution in [0.3, 0.4) is 0 Å². The van der Waals surface area contributed by atoms with Gasteiger partial charge in [0.15, 0.2) is 0 Å². The molecule has 0 aliphatic heterocycles. The molecule has 0 heterocycles. The lowest BCUT2D eigenvalue weighted by Crippen LogP contribution is -2.22. The zero-order valence-corrected chi connectivity index (χ0v) is 13.3. The van der Waals surface area contributed by atoms with Crippen LogP contribution in [0, 0.1) is 12.0 Å². The first kappa shape index (κ1) is 17.3. The van der Waals surface area contributed by atoms with Gasteiger partial charge >= 0.3 is 0 Å². The van der Waals surface area contributed by atoms with E-state index in [1.54, 1.807) is 13.2 Å². The van der Waals surface area contributed by atoms with Crippen LogP contribution in [0.1, 0.15) is 45.1 Å². The molecule has 3 nitrogen and oxygen atoms in total. The van der Waals surface area contributed by atoms with Gasteiger partial charge in [-0.2, -0.15) is 0 Å². The molecule has 0 aliphatic rings. The number of methoxy groups -OCH3 is 1. The molecule has 0 atom stereocenters. The summed E-state index contributed by atoms with van der Waals surface area (Å²) in [6.07, 6.45) is 8.04. The second-order valence-electron chi connectivity index (χ2n) is 5.46. The normalized spacial score (nSPS) is 11.0. The summed E-state index contributed by atoms with van der Waals surface area (Å²) in [5.74, 6) is 1.40. The van der Waals surface area contributed by atoms with Crippen LogP contribution in [0.25, 0.3) is 0 Å². The van der Waals surface area contributed by atoms with Gasteiger partial charge in [0.05, 0.1) is 7.11 Å². The number of benzene rings is 1. The van der Waals surface area contributed by atoms with Crippen LogP contribution in [-0.2, 0) is 11.3 Å². The number of unbranched alkanes of at least 4 members (excludes halogenated alkanes) is 2. The van der Waals surface area contributed by atoms with E-state index in [1.807, 2.05) is 12.1 Å². The summed E-state index contributed by atoms with van der Waals surface area (Å²) in [6, 6.07) is 8.59. The van der Waals surface area contributed by atoms with Gasteiger partial charge in [-0.25, -0.2) is 0 Å². The standard InChI is InChI=1S/C18H26NO2/c1-15(2)9-6-4-5-7-12-18(20)19-14-16-10-8-11-17(13-16)21-3/h6,8-10,13,15H,4-5,7,12,14H2,1-3H3,(H,19,20)/b9-6+. The summed E-state index contributed by atoms with van der Waals surface area (Å²) in [4.78, 5) is 11.7. The first-order valence-corrected chi connectivity index (χ1v) is 7.59. The summed E-state index contributed by atoms with van der Waals surface area (Å²) in [7, 11) is 1.61. The fourth-order valence-electron chi connectivity index (χ4n) is 1.92. The fourth-order valence-corrected chi connectivity index (χ4v) is 1.92. The van der Waals surface area contributed by atoms with Crippen LogP contribution in [0.2, 0.25) is 0 Å². The molecule has 0 unspecified atom stereocenters. The van der Waals surface area contributed by atoms with E-state index >= 15 is 0 Å². The Morgan fingerprint density at radius 2 is 2.24 bits per heavy atom. The van der Waals surface area contributed by atoms with Crippen LogP contribution in [0.4, 0.5) is 0 Å². The number of rotatable bonds is 9. The maximum Gasteiger partial charge on any atom is 0.220 e. The average molecular weight is 288 g/mol. The maximum absolute atomic E-state index is 11.7. The Kier molecular flexibility index (Phi) is 8.25. The number of nitrogens with one attached hydrogen (secondary N) is 1. The van der Waals surface area contributed by atoms with Crippen molar-refractivity contribution in [3.8, 4) is 5.75 Å². The minimum Gasteiger partial charge on any atom is -0.496 e. The Morgan fingerprint density at radius 1 is 1.43 bits per heavy atom. The highest BCUT2D eigenvalue weighted by molar-refractivity contribution is 5.75. The number of carbonyl (C=O) groups is 1. The van der Waals surface area contributed by atoms with E-state index in [4.69, 9.17) is 4.74 Å². The highest BCUT2D eigenvalue weighted by Crippen LogP contribution is 2.11. The van der Waals surface area contributed by atoms with Crippen molar-refractivity contribution in [2.45, 2.75) is 46.1 Å². The molecule has 1 N–H and O–H groups in total. The molecule has 0 saturated carbocycles. The number of allylic oxidation sites excluding steroid dienone is 2. The van der Waals surface area contributed by atoms with Crippen molar-refractivity contribution in [2.24, 2.45) is 5.92 Å². The van der Waals surface area contributed by atoms with Crippen molar-refractivity contribution in [3.63, 3.8) is 0 Å². The van der Waals surface area contributed by atoms with E-state index in [0.717, 1.165) is 24.8 Å². The Balaban J connectivity index is 2.16. The molecule has 0 fully saturated rings. The van der Waals surface area contributed by atoms with Crippen molar-refractivity contribution >= 4 is 5.91 Å². The van der Waals surface area contributed by atoms with Gasteiger partial charge in [0.25, 0.3) is 0 Å². The third-order valence-corrected chi connectivity index (χ3v) is 3.09. The Labute approximate surface area is 128 Å². The average Bonchev–Trinajstić information content (AvgIpc) is 2.48. The molecule has 0 aromatic heterocycles. The van der Waals surface area contributed by atoms with Crippen molar-refractivity contribution in [3.05, 3.63) is 42.0 Å². The molecule has 3 heteroatoms. The molecule has 1 rings (SSSR count). The largest absolute Gasteiger partial charge is 0.496 e. The number of carbonyl (C=O) groups excluding carboxylic acids is 1. The monoisotopic (exact) mass is 288 g/mol. The third kappa shape index (κ3) is 8.18. The number of ether oxygens (including phenoxy) is 1. The second kappa shape index (κ2) is 10.0. The Hall–Kier alpha value is -1.77. The van der Waals surface area contributed by atoms with Crippen molar-refractivity contribution in [1.29, 1.82) is 0 Å². The topological polar surface area (TPSA) is 38.3 Å². The minimum absolute atomic E-state index is 0.106. The van der Waals surface area contributed by atoms with E-state index in [2.05, 4.69) is 37.4 Å². The fraction of sp³-hybridized carbons (Fsp3) is 0.500. The quantitative estimate of drug-likeness (QED) is 0.553. The summed E-state index contributed by atoms with van der Waals surface area (Å²) < 4.78 is 5.11. The number of hydrogen-bond acceptors (Lipinski definition) is 2. The molecule has 0 bridgehead atoms. The smallest absolute Gasteiger partial charge is 0.220 e. The Bertz CT molecular complexity index is 452. The molecule has 1 amide bonds. The molecule has 0 spiro atoms. The lowest BCUT2D eigenvalue weighted by atomic mass is 10.1. The van der Waals surface area contributed by atoms with Gasteiger partial charge < -0.3 is 10.1 Å². The summed E-state index contributed by atoms with van der Waals surface area (Å²) in [5, 5.41) is 2.93. The van der Waals surface area contributed by atoms with Crippen LogP contribution in [0.15, 0.2) is 30.4 Å². The van der Waals surface area contributed by atoms with E-state index < -0.39 is 0 Å². The molecular formula is C18H26NO2. The SMILES string of the molecule is COc1[c]ccc(CNC(=O)CCCC/C=C/C(C)C)c1. The van der Waals surface area contributed by atoms with Crippen molar-refractivity contribution in [1.82, 2.24) is 5.32 Å². The van der Waals surface area contributed by atoms with E-state index in [0.29, 0.717) is 24.6 Å². The van der Waals surface area contributed by atoms with E-state index in [1.165, 1.54) is 0 Å². The minimum atomic E-state index is 0.106. The van der Waals surface area contributed by atoms with Gasteiger partial charge in [-0.05, 0) is 36.8 Å². The number of hydrogen-bond donors (Lipinski definition) is 1. The van der Waals surface area contributed by atoms with Crippen molar-refractivity contribution < 1.29 is 9.53 Å². The zero-order valence-electron chi connectivity index (χ0n) is 13.3. The molecular weight excluding hydrogens is 262 g/mol. The highest BCUT2D eigenvalue weighted by Gasteiger charge is 2.02. The summed E-state index contributed by atoms with van der Waals surface area (Å²) >= 11 is 0. The van der Waals surface area contributed by atoms with Crippen LogP contribution >= 0.6 is 0 Å². The lowest BCUT2D eigenvalue weighted by molar-refractivity contribution is -0.121. The number of amides is 1. The summed E-state index contributed by atoms with van der Waals surface area (Å²) in [6.45, 7) is 4.87. The van der Waals surface area contributed by atoms with Crippen molar-refractivity contribution in [2.75, 3.05) is 7.11 Å². The highest BCUT2D eigenvalue weighted by atomic mass is 16.5. The summed E-state index contributed by atoms with van der Waals surface area (Å²) in [5.41, 5.74) is 1.03. The predicted octanol–water partition coefficient (Wildman–Crippen LogP) is 3.88. The molecule has 1 aromatic carbocycles. The molecule has 0 saturated heterocycles. The third-order valence-electron chi connectivity index (χ3n) is 3.09. The Morgan fingerprint density at radius 3 is 2.95 bits per heavy atom. The molecule has 1 radical (unpaired) electrons. The van der Waals surface area contributed by atoms with Crippen LogP contribution < -0.4 is 10.1 Å². The van der Waals surface area contributed by atoms with Gasteiger partial charge in [0.2, 0.25) is 5.91 Å². The van der Waals surface area contributed by atoms with Gasteiger partial charge in [0.1, 0.15) is 5.75 Å². The predicted molar refractivity (Wildman–Crippen MR) is 86.1 cm³/mol. The van der Waals surface area contributed by atoms with Gasteiger partial charge in [-0.1, -0.05) is 38.1 Å². The van der Waals surface area contributed by atoms with E-state index in [9.17, 15) is 4.79 Å². The molecule has 0 aliphatic carbocycles. The first-order chi connectivity index (χ1) is 10.1. The van der Waals surface area contributed by atoms with Crippen LogP contribution in [-0.4, -0.2) is 13.0 Å². The molecule has 115 valence electrons. The first-order valence-electron chi connectivity index (χ1n) is 7.59. The zero-order chi connectivity index (χ0) is 15.5. The van der Waals surface area contributed by atoms with Gasteiger partial charge in [-0.15, -0.1) is 0 Å². The maximum atomic E-state index is 11.7. The molecule has 1 aromatic rings. The van der Waals surface area contributed by atoms with Crippen LogP contribution in [0.5, 0.6) is 5.75 Å². The van der Waals surface area contributed by atoms with Gasteiger partial charge in [-0.3, -0.25) is 4.79 Å². The lowest BCUT2D eigenvalue weighted by Gasteiger charge is -2.06. The van der Waals surface area contributed by atoms with E-state index in [-0.39, 0.29) is 5.91 Å². The second-order valence-corrected chi connectivity index (χ2v) is 5.46. The molecule has 21 heavy (non-hydrogen) atoms. The van der Waals surface area contributed by atoms with Gasteiger partial charge in [0, 0.05) is 19.0 Å².